The van der Waals surface area contributed by atoms with Gasteiger partial charge in [0.15, 0.2) is 5.58 Å². The minimum absolute atomic E-state index is 0.858. The molecule has 3 nitrogen and oxygen atoms in total. The lowest BCUT2D eigenvalue weighted by Crippen LogP contribution is -2.10. The van der Waals surface area contributed by atoms with Crippen molar-refractivity contribution in [3.8, 4) is 22.3 Å². The summed E-state index contributed by atoms with van der Waals surface area (Å²) in [4.78, 5) is 2.34. The van der Waals surface area contributed by atoms with E-state index in [0.29, 0.717) is 0 Å². The van der Waals surface area contributed by atoms with Gasteiger partial charge in [-0.2, -0.15) is 0 Å². The van der Waals surface area contributed by atoms with Crippen molar-refractivity contribution in [1.82, 2.24) is 0 Å². The quantitative estimate of drug-likeness (QED) is 0.174. The fraction of sp³-hybridized carbons (Fsp3) is 0. The maximum atomic E-state index is 6.68. The molecule has 5 heteroatoms. The van der Waals surface area contributed by atoms with E-state index in [1.54, 1.807) is 0 Å². The van der Waals surface area contributed by atoms with Gasteiger partial charge in [0, 0.05) is 73.3 Å². The lowest BCUT2D eigenvalue weighted by molar-refractivity contribution is 0.668. The van der Waals surface area contributed by atoms with Gasteiger partial charge in [-0.3, -0.25) is 0 Å². The summed E-state index contributed by atoms with van der Waals surface area (Å²) in [5.74, 6) is 0. The Balaban J connectivity index is 0.976. The molecule has 276 valence electrons. The van der Waals surface area contributed by atoms with Crippen molar-refractivity contribution < 1.29 is 8.83 Å². The van der Waals surface area contributed by atoms with Gasteiger partial charge in [-0.1, -0.05) is 121 Å². The van der Waals surface area contributed by atoms with Crippen molar-refractivity contribution in [2.75, 3.05) is 4.90 Å². The Hall–Kier alpha value is -7.18. The zero-order valence-electron chi connectivity index (χ0n) is 31.5. The summed E-state index contributed by atoms with van der Waals surface area (Å²) in [5.41, 5.74) is 11.2. The van der Waals surface area contributed by atoms with Crippen LogP contribution in [0.5, 0.6) is 0 Å². The Morgan fingerprint density at radius 1 is 0.356 bits per heavy atom. The SMILES string of the molecule is c1cc(-c2cccc3c2sc2c3ccc3sc4ccccc4c32)cc(N(c2ccc(-c3ccc4c(c3)oc3ccccc34)cc2)c2cccc3c2oc2ccccc23)c1. The molecule has 0 aliphatic heterocycles. The Morgan fingerprint density at radius 3 is 1.90 bits per heavy atom. The minimum atomic E-state index is 0.858. The zero-order chi connectivity index (χ0) is 38.6. The van der Waals surface area contributed by atoms with Crippen LogP contribution < -0.4 is 4.90 Å². The fourth-order valence-electron chi connectivity index (χ4n) is 9.15. The summed E-state index contributed by atoms with van der Waals surface area (Å²) in [6.45, 7) is 0. The van der Waals surface area contributed by atoms with Crippen molar-refractivity contribution in [3.05, 3.63) is 188 Å². The Labute approximate surface area is 346 Å². The number of benzene rings is 9. The molecule has 0 spiro atoms. The summed E-state index contributed by atoms with van der Waals surface area (Å²) >= 11 is 3.80. The standard InChI is InChI=1S/C54H31NO2S2/c1-4-19-46-38(12-1)40-27-24-33(31-48(40)56-46)32-22-25-35(26-23-32)55(45-18-9-16-41-39-13-2-5-20-47(39)57-52(41)45)36-11-7-10-34(30-36)37-15-8-17-42-43-28-29-50-51(54(43)59-53(37)42)44-14-3-6-21-49(44)58-50/h1-31H. The van der Waals surface area contributed by atoms with Crippen molar-refractivity contribution in [2.45, 2.75) is 0 Å². The van der Waals surface area contributed by atoms with Crippen LogP contribution in [0.25, 0.3) is 106 Å². The third-order valence-corrected chi connectivity index (χ3v) is 14.3. The molecule has 0 aliphatic rings. The Morgan fingerprint density at radius 2 is 1.02 bits per heavy atom. The predicted molar refractivity (Wildman–Crippen MR) is 252 cm³/mol. The molecule has 9 aromatic carbocycles. The van der Waals surface area contributed by atoms with E-state index in [2.05, 4.69) is 175 Å². The number of furan rings is 2. The summed E-state index contributed by atoms with van der Waals surface area (Å²) in [6.07, 6.45) is 0. The number of anilines is 3. The molecule has 0 fully saturated rings. The van der Waals surface area contributed by atoms with Gasteiger partial charge in [0.2, 0.25) is 0 Å². The van der Waals surface area contributed by atoms with Crippen LogP contribution in [0, 0.1) is 0 Å². The monoisotopic (exact) mass is 789 g/mol. The molecule has 4 heterocycles. The first-order chi connectivity index (χ1) is 29.2. The number of hydrogen-bond acceptors (Lipinski definition) is 5. The second-order valence-corrected chi connectivity index (χ2v) is 17.3. The number of para-hydroxylation sites is 3. The van der Waals surface area contributed by atoms with E-state index in [1.807, 2.05) is 40.9 Å². The third kappa shape index (κ3) is 4.99. The number of rotatable bonds is 5. The molecular formula is C54H31NO2S2. The lowest BCUT2D eigenvalue weighted by atomic mass is 10.0. The van der Waals surface area contributed by atoms with Crippen molar-refractivity contribution >= 4 is 124 Å². The molecule has 0 saturated carbocycles. The topological polar surface area (TPSA) is 29.5 Å². The van der Waals surface area contributed by atoms with Gasteiger partial charge in [0.05, 0.1) is 5.69 Å². The van der Waals surface area contributed by atoms with Crippen LogP contribution in [0.15, 0.2) is 197 Å². The smallest absolute Gasteiger partial charge is 0.159 e. The summed E-state index contributed by atoms with van der Waals surface area (Å²) < 4.78 is 18.3. The highest BCUT2D eigenvalue weighted by Crippen LogP contribution is 2.48. The van der Waals surface area contributed by atoms with Crippen molar-refractivity contribution in [3.63, 3.8) is 0 Å². The van der Waals surface area contributed by atoms with Crippen molar-refractivity contribution in [2.24, 2.45) is 0 Å². The first kappa shape index (κ1) is 32.9. The molecular weight excluding hydrogens is 759 g/mol. The molecule has 0 amide bonds. The summed E-state index contributed by atoms with van der Waals surface area (Å²) in [6, 6.07) is 67.5. The minimum Gasteiger partial charge on any atom is -0.456 e. The number of fused-ring (bicyclic) bond motifs is 13. The van der Waals surface area contributed by atoms with Crippen molar-refractivity contribution in [1.29, 1.82) is 0 Å². The lowest BCUT2D eigenvalue weighted by Gasteiger charge is -2.26. The van der Waals surface area contributed by atoms with Crippen LogP contribution in [-0.4, -0.2) is 0 Å². The largest absolute Gasteiger partial charge is 0.456 e. The Bertz CT molecular complexity index is 3810. The molecule has 59 heavy (non-hydrogen) atoms. The van der Waals surface area contributed by atoms with E-state index in [0.717, 1.165) is 72.1 Å². The van der Waals surface area contributed by atoms with E-state index in [4.69, 9.17) is 8.83 Å². The average molecular weight is 790 g/mol. The normalized spacial score (nSPS) is 12.1. The molecule has 0 saturated heterocycles. The van der Waals surface area contributed by atoms with E-state index in [1.165, 1.54) is 51.5 Å². The summed E-state index contributed by atoms with van der Waals surface area (Å²) in [7, 11) is 0. The second-order valence-electron chi connectivity index (χ2n) is 15.2. The maximum absolute atomic E-state index is 6.68. The highest BCUT2D eigenvalue weighted by molar-refractivity contribution is 7.30. The molecule has 0 atom stereocenters. The van der Waals surface area contributed by atoms with E-state index in [9.17, 15) is 0 Å². The second kappa shape index (κ2) is 12.7. The van der Waals surface area contributed by atoms with Crippen LogP contribution in [0.1, 0.15) is 0 Å². The van der Waals surface area contributed by atoms with Gasteiger partial charge in [-0.25, -0.2) is 0 Å². The molecule has 0 aliphatic carbocycles. The van der Waals surface area contributed by atoms with E-state index in [-0.39, 0.29) is 0 Å². The van der Waals surface area contributed by atoms with Gasteiger partial charge in [0.1, 0.15) is 16.7 Å². The molecule has 0 radical (unpaired) electrons. The number of nitrogens with zero attached hydrogens (tertiary/aromatic N) is 1. The molecule has 0 N–H and O–H groups in total. The average Bonchev–Trinajstić information content (AvgIpc) is 4.06. The molecule has 13 rings (SSSR count). The first-order valence-electron chi connectivity index (χ1n) is 19.8. The highest BCUT2D eigenvalue weighted by Gasteiger charge is 2.21. The third-order valence-electron chi connectivity index (χ3n) is 11.9. The van der Waals surface area contributed by atoms with Gasteiger partial charge < -0.3 is 13.7 Å². The van der Waals surface area contributed by atoms with Crippen LogP contribution >= 0.6 is 22.7 Å². The zero-order valence-corrected chi connectivity index (χ0v) is 33.1. The van der Waals surface area contributed by atoms with Crippen LogP contribution in [0.4, 0.5) is 17.1 Å². The van der Waals surface area contributed by atoms with Gasteiger partial charge >= 0.3 is 0 Å². The fourth-order valence-corrected chi connectivity index (χ4v) is 11.7. The van der Waals surface area contributed by atoms with Gasteiger partial charge in [-0.15, -0.1) is 22.7 Å². The Kier molecular flexibility index (Phi) is 7.05. The highest BCUT2D eigenvalue weighted by atomic mass is 32.1. The van der Waals surface area contributed by atoms with Gasteiger partial charge in [0.25, 0.3) is 0 Å². The van der Waals surface area contributed by atoms with Crippen LogP contribution in [0.3, 0.4) is 0 Å². The molecule has 13 aromatic rings. The first-order valence-corrected chi connectivity index (χ1v) is 21.4. The van der Waals surface area contributed by atoms with E-state index >= 15 is 0 Å². The number of thiophene rings is 2. The maximum Gasteiger partial charge on any atom is 0.159 e. The molecule has 4 aromatic heterocycles. The molecule has 0 unspecified atom stereocenters. The predicted octanol–water partition coefficient (Wildman–Crippen LogP) is 17.0. The summed E-state index contributed by atoms with van der Waals surface area (Å²) in [5, 5.41) is 9.79. The molecule has 0 bridgehead atoms. The van der Waals surface area contributed by atoms with Crippen LogP contribution in [0.2, 0.25) is 0 Å². The van der Waals surface area contributed by atoms with E-state index < -0.39 is 0 Å². The number of hydrogen-bond donors (Lipinski definition) is 0. The van der Waals surface area contributed by atoms with Gasteiger partial charge in [-0.05, 0) is 89.0 Å². The van der Waals surface area contributed by atoms with Crippen LogP contribution in [-0.2, 0) is 0 Å².